The number of H-pyrrole nitrogens is 1. The maximum absolute atomic E-state index is 12.7. The molecule has 0 fully saturated rings. The van der Waals surface area contributed by atoms with Crippen LogP contribution in [0.1, 0.15) is 6.04 Å². The molecule has 1 atom stereocenters. The first-order chi connectivity index (χ1) is 13.7. The van der Waals surface area contributed by atoms with Crippen molar-refractivity contribution in [1.29, 1.82) is 0 Å². The highest BCUT2D eigenvalue weighted by Crippen LogP contribution is 2.21. The largest absolute Gasteiger partial charge is 0.328 e. The molecule has 0 spiro atoms. The summed E-state index contributed by atoms with van der Waals surface area (Å²) in [6, 6.07) is 16.5. The number of hydrogen-bond acceptors (Lipinski definition) is 5. The molecule has 4 N–H and O–H groups in total. The van der Waals surface area contributed by atoms with E-state index in [2.05, 4.69) is 25.8 Å². The van der Waals surface area contributed by atoms with Crippen LogP contribution < -0.4 is 11.1 Å². The Labute approximate surface area is 161 Å². The highest BCUT2D eigenvalue weighted by atomic mass is 16.2. The molecule has 8 heteroatoms. The molecule has 4 rings (SSSR count). The van der Waals surface area contributed by atoms with Crippen molar-refractivity contribution in [3.63, 3.8) is 0 Å². The second-order valence-corrected chi connectivity index (χ2v) is 6.25. The molecular formula is C20H19N7O. The summed E-state index contributed by atoms with van der Waals surface area (Å²) >= 11 is 0. The van der Waals surface area contributed by atoms with E-state index >= 15 is 0 Å². The van der Waals surface area contributed by atoms with Crippen molar-refractivity contribution in [2.75, 3.05) is 11.9 Å². The summed E-state index contributed by atoms with van der Waals surface area (Å²) in [6.45, 7) is 0.108. The van der Waals surface area contributed by atoms with Crippen LogP contribution in [0, 0.1) is 0 Å². The smallest absolute Gasteiger partial charge is 0.250 e. The number of benzene rings is 2. The number of hydrogen-bond donors (Lipinski definition) is 3. The quantitative estimate of drug-likeness (QED) is 0.480. The molecule has 1 amide bonds. The number of nitrogens with two attached hydrogens (primary N) is 1. The van der Waals surface area contributed by atoms with E-state index in [9.17, 15) is 4.79 Å². The van der Waals surface area contributed by atoms with Gasteiger partial charge < -0.3 is 11.1 Å². The SMILES string of the molecule is NCC(C(=O)Nc1ccc(-c2cn[nH]c2)cc1)n1cc(-c2ccccc2)nn1. The van der Waals surface area contributed by atoms with Gasteiger partial charge in [0.1, 0.15) is 11.7 Å². The number of aromatic nitrogens is 5. The Bertz CT molecular complexity index is 1040. The first-order valence-corrected chi connectivity index (χ1v) is 8.82. The van der Waals surface area contributed by atoms with Crippen molar-refractivity contribution in [3.8, 4) is 22.4 Å². The van der Waals surface area contributed by atoms with Crippen molar-refractivity contribution in [3.05, 3.63) is 73.2 Å². The van der Waals surface area contributed by atoms with Gasteiger partial charge in [0.25, 0.3) is 5.91 Å². The van der Waals surface area contributed by atoms with Crippen LogP contribution in [-0.2, 0) is 4.79 Å². The van der Waals surface area contributed by atoms with Gasteiger partial charge in [-0.25, -0.2) is 4.68 Å². The second kappa shape index (κ2) is 7.85. The van der Waals surface area contributed by atoms with Crippen molar-refractivity contribution >= 4 is 11.6 Å². The van der Waals surface area contributed by atoms with E-state index in [0.29, 0.717) is 11.4 Å². The van der Waals surface area contributed by atoms with E-state index in [1.165, 1.54) is 4.68 Å². The molecule has 2 aromatic carbocycles. The molecule has 8 nitrogen and oxygen atoms in total. The van der Waals surface area contributed by atoms with Crippen LogP contribution in [0.4, 0.5) is 5.69 Å². The third-order valence-electron chi connectivity index (χ3n) is 4.41. The van der Waals surface area contributed by atoms with E-state index in [1.54, 1.807) is 12.4 Å². The van der Waals surface area contributed by atoms with E-state index in [0.717, 1.165) is 16.7 Å². The molecule has 140 valence electrons. The number of carbonyl (C=O) groups is 1. The molecule has 0 aliphatic carbocycles. The van der Waals surface area contributed by atoms with Crippen LogP contribution in [0.3, 0.4) is 0 Å². The summed E-state index contributed by atoms with van der Waals surface area (Å²) < 4.78 is 1.50. The Morgan fingerprint density at radius 3 is 2.54 bits per heavy atom. The van der Waals surface area contributed by atoms with E-state index in [1.807, 2.05) is 60.8 Å². The Kier molecular flexibility index (Phi) is 4.94. The summed E-state index contributed by atoms with van der Waals surface area (Å²) in [5.74, 6) is -0.247. The molecule has 0 saturated heterocycles. The lowest BCUT2D eigenvalue weighted by Gasteiger charge is -2.15. The zero-order valence-corrected chi connectivity index (χ0v) is 15.0. The highest BCUT2D eigenvalue weighted by molar-refractivity contribution is 5.94. The standard InChI is InChI=1S/C20H19N7O/c21-10-19(27-13-18(25-26-27)15-4-2-1-3-5-15)20(28)24-17-8-6-14(7-9-17)16-11-22-23-12-16/h1-9,11-13,19H,10,21H2,(H,22,23)(H,24,28). The molecular weight excluding hydrogens is 354 g/mol. The van der Waals surface area contributed by atoms with Gasteiger partial charge in [-0.3, -0.25) is 9.89 Å². The lowest BCUT2D eigenvalue weighted by molar-refractivity contribution is -0.119. The zero-order valence-electron chi connectivity index (χ0n) is 15.0. The molecule has 0 bridgehead atoms. The van der Waals surface area contributed by atoms with Crippen molar-refractivity contribution in [2.45, 2.75) is 6.04 Å². The molecule has 1 unspecified atom stereocenters. The molecule has 4 aromatic rings. The summed E-state index contributed by atoms with van der Waals surface area (Å²) in [5.41, 5.74) is 10.1. The van der Waals surface area contributed by atoms with Gasteiger partial charge in [0.05, 0.1) is 12.4 Å². The molecule has 2 heterocycles. The monoisotopic (exact) mass is 373 g/mol. The van der Waals surface area contributed by atoms with E-state index in [-0.39, 0.29) is 12.5 Å². The minimum absolute atomic E-state index is 0.108. The first-order valence-electron chi connectivity index (χ1n) is 8.82. The molecule has 0 saturated carbocycles. The fraction of sp³-hybridized carbons (Fsp3) is 0.100. The lowest BCUT2D eigenvalue weighted by Crippen LogP contribution is -2.32. The van der Waals surface area contributed by atoms with Gasteiger partial charge in [-0.1, -0.05) is 47.7 Å². The topological polar surface area (TPSA) is 115 Å². The first kappa shape index (κ1) is 17.6. The van der Waals surface area contributed by atoms with E-state index < -0.39 is 6.04 Å². The van der Waals surface area contributed by atoms with Gasteiger partial charge in [0, 0.05) is 29.6 Å². The maximum Gasteiger partial charge on any atom is 0.250 e. The summed E-state index contributed by atoms with van der Waals surface area (Å²) in [7, 11) is 0. The predicted octanol–water partition coefficient (Wildman–Crippen LogP) is 2.47. The van der Waals surface area contributed by atoms with Crippen LogP contribution in [0.15, 0.2) is 73.2 Å². The molecule has 0 aliphatic rings. The number of rotatable bonds is 6. The number of nitrogens with one attached hydrogen (secondary N) is 2. The molecule has 28 heavy (non-hydrogen) atoms. The van der Waals surface area contributed by atoms with Gasteiger partial charge in [-0.15, -0.1) is 5.10 Å². The van der Waals surface area contributed by atoms with Crippen molar-refractivity contribution in [1.82, 2.24) is 25.2 Å². The van der Waals surface area contributed by atoms with E-state index in [4.69, 9.17) is 5.73 Å². The zero-order chi connectivity index (χ0) is 19.3. The number of carbonyl (C=O) groups excluding carboxylic acids is 1. The number of amides is 1. The van der Waals surface area contributed by atoms with Gasteiger partial charge in [-0.05, 0) is 17.7 Å². The van der Waals surface area contributed by atoms with Crippen LogP contribution >= 0.6 is 0 Å². The minimum atomic E-state index is -0.654. The van der Waals surface area contributed by atoms with Crippen LogP contribution in [0.25, 0.3) is 22.4 Å². The maximum atomic E-state index is 12.7. The fourth-order valence-corrected chi connectivity index (χ4v) is 2.89. The molecule has 2 aromatic heterocycles. The van der Waals surface area contributed by atoms with Gasteiger partial charge in [0.15, 0.2) is 0 Å². The van der Waals surface area contributed by atoms with Crippen molar-refractivity contribution < 1.29 is 4.79 Å². The minimum Gasteiger partial charge on any atom is -0.328 e. The summed E-state index contributed by atoms with van der Waals surface area (Å²) in [6.07, 6.45) is 5.29. The third kappa shape index (κ3) is 3.67. The molecule has 0 aliphatic heterocycles. The Morgan fingerprint density at radius 1 is 1.07 bits per heavy atom. The summed E-state index contributed by atoms with van der Waals surface area (Å²) in [5, 5.41) is 17.8. The predicted molar refractivity (Wildman–Crippen MR) is 106 cm³/mol. The Balaban J connectivity index is 1.48. The van der Waals surface area contributed by atoms with Gasteiger partial charge >= 0.3 is 0 Å². The average molecular weight is 373 g/mol. The second-order valence-electron chi connectivity index (χ2n) is 6.25. The molecule has 0 radical (unpaired) electrons. The Hall–Kier alpha value is -3.78. The van der Waals surface area contributed by atoms with Crippen LogP contribution in [0.2, 0.25) is 0 Å². The number of aromatic amines is 1. The van der Waals surface area contributed by atoms with Crippen LogP contribution in [0.5, 0.6) is 0 Å². The van der Waals surface area contributed by atoms with Crippen LogP contribution in [-0.4, -0.2) is 37.6 Å². The van der Waals surface area contributed by atoms with Gasteiger partial charge in [0.2, 0.25) is 0 Å². The lowest BCUT2D eigenvalue weighted by atomic mass is 10.1. The highest BCUT2D eigenvalue weighted by Gasteiger charge is 2.21. The van der Waals surface area contributed by atoms with Gasteiger partial charge in [-0.2, -0.15) is 5.10 Å². The number of anilines is 1. The summed E-state index contributed by atoms with van der Waals surface area (Å²) in [4.78, 5) is 12.7. The number of nitrogens with zero attached hydrogens (tertiary/aromatic N) is 4. The third-order valence-corrected chi connectivity index (χ3v) is 4.41. The Morgan fingerprint density at radius 2 is 1.86 bits per heavy atom. The van der Waals surface area contributed by atoms with Crippen molar-refractivity contribution in [2.24, 2.45) is 5.73 Å². The normalized spacial score (nSPS) is 11.9. The fourth-order valence-electron chi connectivity index (χ4n) is 2.89. The average Bonchev–Trinajstić information content (AvgIpc) is 3.42.